The van der Waals surface area contributed by atoms with Crippen LogP contribution in [-0.2, 0) is 0 Å². The van der Waals surface area contributed by atoms with E-state index in [2.05, 4.69) is 22.9 Å². The minimum absolute atomic E-state index is 0.0906. The van der Waals surface area contributed by atoms with Gasteiger partial charge >= 0.3 is 0 Å². The Morgan fingerprint density at radius 3 is 2.89 bits per heavy atom. The summed E-state index contributed by atoms with van der Waals surface area (Å²) in [5, 5.41) is 8.86. The zero-order chi connectivity index (χ0) is 13.4. The monoisotopic (exact) mass is 254 g/mol. The third-order valence-electron chi connectivity index (χ3n) is 3.78. The number of benzene rings is 1. The molecule has 2 heterocycles. The van der Waals surface area contributed by atoms with E-state index >= 15 is 0 Å². The minimum Gasteiger partial charge on any atom is -0.384 e. The van der Waals surface area contributed by atoms with Gasteiger partial charge in [-0.2, -0.15) is 0 Å². The Morgan fingerprint density at radius 2 is 2.21 bits per heavy atom. The predicted molar refractivity (Wildman–Crippen MR) is 78.8 cm³/mol. The van der Waals surface area contributed by atoms with E-state index in [-0.39, 0.29) is 5.84 Å². The first-order valence-electron chi connectivity index (χ1n) is 6.64. The highest BCUT2D eigenvalue weighted by Gasteiger charge is 2.23. The maximum absolute atomic E-state index is 7.78. The number of pyridine rings is 1. The van der Waals surface area contributed by atoms with Crippen LogP contribution in [0, 0.1) is 11.3 Å². The Hall–Kier alpha value is -2.10. The van der Waals surface area contributed by atoms with Crippen molar-refractivity contribution in [1.29, 1.82) is 5.41 Å². The van der Waals surface area contributed by atoms with Gasteiger partial charge < -0.3 is 10.6 Å². The lowest BCUT2D eigenvalue weighted by molar-refractivity contribution is 0.659. The number of anilines is 1. The number of hydrogen-bond donors (Lipinski definition) is 2. The Morgan fingerprint density at radius 1 is 1.42 bits per heavy atom. The molecule has 1 atom stereocenters. The molecule has 3 rings (SSSR count). The van der Waals surface area contributed by atoms with E-state index in [1.165, 1.54) is 6.42 Å². The number of nitrogens with two attached hydrogens (primary N) is 1. The number of aromatic nitrogens is 1. The van der Waals surface area contributed by atoms with Crippen molar-refractivity contribution >= 4 is 22.4 Å². The van der Waals surface area contributed by atoms with Crippen LogP contribution in [0.4, 0.5) is 5.69 Å². The van der Waals surface area contributed by atoms with E-state index in [1.807, 2.05) is 18.2 Å². The first kappa shape index (κ1) is 12.0. The second-order valence-electron chi connectivity index (χ2n) is 5.29. The molecule has 1 aromatic carbocycles. The SMILES string of the molecule is CC1CCN(c2c(C(=N)N)cnc3ccccc23)C1. The zero-order valence-corrected chi connectivity index (χ0v) is 11.1. The third-order valence-corrected chi connectivity index (χ3v) is 3.78. The summed E-state index contributed by atoms with van der Waals surface area (Å²) in [6.45, 7) is 4.31. The highest BCUT2D eigenvalue weighted by Crippen LogP contribution is 2.32. The predicted octanol–water partition coefficient (Wildman–Crippen LogP) is 2.37. The van der Waals surface area contributed by atoms with Gasteiger partial charge in [0, 0.05) is 24.7 Å². The summed E-state index contributed by atoms with van der Waals surface area (Å²) >= 11 is 0. The van der Waals surface area contributed by atoms with E-state index < -0.39 is 0 Å². The minimum atomic E-state index is 0.0906. The molecule has 1 fully saturated rings. The fourth-order valence-corrected chi connectivity index (χ4v) is 2.80. The normalized spacial score (nSPS) is 19.0. The second-order valence-corrected chi connectivity index (χ2v) is 5.29. The van der Waals surface area contributed by atoms with Gasteiger partial charge in [0.1, 0.15) is 5.84 Å². The van der Waals surface area contributed by atoms with Crippen molar-refractivity contribution in [3.8, 4) is 0 Å². The second kappa shape index (κ2) is 4.53. The Labute approximate surface area is 112 Å². The molecule has 0 radical (unpaired) electrons. The molecule has 0 amide bonds. The van der Waals surface area contributed by atoms with Gasteiger partial charge in [-0.25, -0.2) is 0 Å². The summed E-state index contributed by atoms with van der Waals surface area (Å²) in [6.07, 6.45) is 2.91. The first-order valence-corrected chi connectivity index (χ1v) is 6.64. The number of rotatable bonds is 2. The van der Waals surface area contributed by atoms with Gasteiger partial charge in [-0.05, 0) is 18.4 Å². The Balaban J connectivity index is 2.23. The molecular weight excluding hydrogens is 236 g/mol. The molecule has 4 nitrogen and oxygen atoms in total. The molecule has 1 unspecified atom stereocenters. The fraction of sp³-hybridized carbons (Fsp3) is 0.333. The van der Waals surface area contributed by atoms with Crippen molar-refractivity contribution in [2.24, 2.45) is 11.7 Å². The van der Waals surface area contributed by atoms with E-state index in [0.717, 1.165) is 35.2 Å². The molecule has 0 saturated carbocycles. The van der Waals surface area contributed by atoms with Crippen molar-refractivity contribution in [3.63, 3.8) is 0 Å². The molecule has 1 aliphatic rings. The van der Waals surface area contributed by atoms with Gasteiger partial charge in [-0.1, -0.05) is 25.1 Å². The topological polar surface area (TPSA) is 66.0 Å². The van der Waals surface area contributed by atoms with Crippen LogP contribution in [0.2, 0.25) is 0 Å². The smallest absolute Gasteiger partial charge is 0.126 e. The molecule has 19 heavy (non-hydrogen) atoms. The van der Waals surface area contributed by atoms with Crippen LogP contribution in [0.5, 0.6) is 0 Å². The number of fused-ring (bicyclic) bond motifs is 1. The highest BCUT2D eigenvalue weighted by molar-refractivity contribution is 6.07. The van der Waals surface area contributed by atoms with Gasteiger partial charge in [0.2, 0.25) is 0 Å². The van der Waals surface area contributed by atoms with Crippen molar-refractivity contribution < 1.29 is 0 Å². The van der Waals surface area contributed by atoms with Gasteiger partial charge in [0.25, 0.3) is 0 Å². The van der Waals surface area contributed by atoms with Crippen LogP contribution >= 0.6 is 0 Å². The molecule has 2 aromatic rings. The van der Waals surface area contributed by atoms with Crippen LogP contribution in [0.15, 0.2) is 30.5 Å². The molecule has 3 N–H and O–H groups in total. The number of nitrogens with one attached hydrogen (secondary N) is 1. The highest BCUT2D eigenvalue weighted by atomic mass is 15.2. The average molecular weight is 254 g/mol. The molecule has 4 heteroatoms. The summed E-state index contributed by atoms with van der Waals surface area (Å²) in [6, 6.07) is 8.06. The molecule has 1 aromatic heterocycles. The molecule has 98 valence electrons. The van der Waals surface area contributed by atoms with Crippen LogP contribution in [0.25, 0.3) is 10.9 Å². The average Bonchev–Trinajstić information content (AvgIpc) is 2.83. The number of hydrogen-bond acceptors (Lipinski definition) is 3. The van der Waals surface area contributed by atoms with Crippen molar-refractivity contribution in [3.05, 3.63) is 36.0 Å². The Kier molecular flexibility index (Phi) is 2.85. The zero-order valence-electron chi connectivity index (χ0n) is 11.1. The Bertz CT molecular complexity index is 635. The lowest BCUT2D eigenvalue weighted by Crippen LogP contribution is -2.24. The lowest BCUT2D eigenvalue weighted by atomic mass is 10.1. The van der Waals surface area contributed by atoms with Crippen molar-refractivity contribution in [2.75, 3.05) is 18.0 Å². The van der Waals surface area contributed by atoms with Gasteiger partial charge in [-0.15, -0.1) is 0 Å². The van der Waals surface area contributed by atoms with Crippen LogP contribution in [0.3, 0.4) is 0 Å². The molecule has 0 bridgehead atoms. The van der Waals surface area contributed by atoms with E-state index in [1.54, 1.807) is 6.20 Å². The van der Waals surface area contributed by atoms with E-state index in [4.69, 9.17) is 11.1 Å². The van der Waals surface area contributed by atoms with Gasteiger partial charge in [0.05, 0.1) is 16.8 Å². The summed E-state index contributed by atoms with van der Waals surface area (Å²) in [5.74, 6) is 0.777. The van der Waals surface area contributed by atoms with Gasteiger partial charge in [-0.3, -0.25) is 10.4 Å². The largest absolute Gasteiger partial charge is 0.384 e. The summed E-state index contributed by atoms with van der Waals surface area (Å²) in [5.41, 5.74) is 8.50. The molecule has 1 saturated heterocycles. The number of nitrogen functional groups attached to an aromatic ring is 1. The summed E-state index contributed by atoms with van der Waals surface area (Å²) < 4.78 is 0. The third kappa shape index (κ3) is 2.03. The van der Waals surface area contributed by atoms with Crippen molar-refractivity contribution in [1.82, 2.24) is 4.98 Å². The fourth-order valence-electron chi connectivity index (χ4n) is 2.80. The van der Waals surface area contributed by atoms with Crippen LogP contribution < -0.4 is 10.6 Å². The number of amidine groups is 1. The number of para-hydroxylation sites is 1. The van der Waals surface area contributed by atoms with Crippen LogP contribution in [-0.4, -0.2) is 23.9 Å². The van der Waals surface area contributed by atoms with E-state index in [9.17, 15) is 0 Å². The van der Waals surface area contributed by atoms with E-state index in [0.29, 0.717) is 5.92 Å². The number of nitrogens with zero attached hydrogens (tertiary/aromatic N) is 2. The molecule has 0 aliphatic carbocycles. The maximum atomic E-state index is 7.78. The van der Waals surface area contributed by atoms with Gasteiger partial charge in [0.15, 0.2) is 0 Å². The quantitative estimate of drug-likeness (QED) is 0.638. The summed E-state index contributed by atoms with van der Waals surface area (Å²) in [4.78, 5) is 6.74. The standard InChI is InChI=1S/C15H18N4/c1-10-6-7-19(9-10)14-11-4-2-3-5-13(11)18-8-12(14)15(16)17/h2-5,8,10H,6-7,9H2,1H3,(H3,16,17). The lowest BCUT2D eigenvalue weighted by Gasteiger charge is -2.23. The summed E-state index contributed by atoms with van der Waals surface area (Å²) in [7, 11) is 0. The molecule has 1 aliphatic heterocycles. The maximum Gasteiger partial charge on any atom is 0.126 e. The van der Waals surface area contributed by atoms with Crippen LogP contribution in [0.1, 0.15) is 18.9 Å². The molecular formula is C15H18N4. The van der Waals surface area contributed by atoms with Crippen molar-refractivity contribution in [2.45, 2.75) is 13.3 Å². The molecule has 0 spiro atoms. The first-order chi connectivity index (χ1) is 9.16.